The summed E-state index contributed by atoms with van der Waals surface area (Å²) >= 11 is 0. The molecule has 0 aliphatic rings. The first-order valence-electron chi connectivity index (χ1n) is 12.0. The molecule has 1 N–H and O–H groups in total. The topological polar surface area (TPSA) is 86.7 Å². The molecule has 0 aliphatic heterocycles. The molecule has 0 unspecified atom stereocenters. The van der Waals surface area contributed by atoms with Gasteiger partial charge in [0.2, 0.25) is 0 Å². The fourth-order valence-corrected chi connectivity index (χ4v) is 4.42. The van der Waals surface area contributed by atoms with Crippen LogP contribution in [-0.2, 0) is 16.5 Å². The quantitative estimate of drug-likeness (QED) is 0.213. The maximum atomic E-state index is 12.2. The first-order valence-corrected chi connectivity index (χ1v) is 13.4. The van der Waals surface area contributed by atoms with Gasteiger partial charge in [0, 0.05) is 6.07 Å². The fourth-order valence-electron chi connectivity index (χ4n) is 3.85. The zero-order valence-electron chi connectivity index (χ0n) is 20.2. The summed E-state index contributed by atoms with van der Waals surface area (Å²) < 4.78 is 38.3. The van der Waals surface area contributed by atoms with Crippen LogP contribution in [0.15, 0.2) is 47.4 Å². The van der Waals surface area contributed by atoms with E-state index in [0.717, 1.165) is 25.3 Å². The number of unbranched alkanes of at least 4 members (excludes halogenated alkanes) is 11. The van der Waals surface area contributed by atoms with E-state index in [-0.39, 0.29) is 51.4 Å². The number of rotatable bonds is 16. The van der Waals surface area contributed by atoms with E-state index < -0.39 is 20.8 Å². The van der Waals surface area contributed by atoms with Crippen LogP contribution in [0.5, 0.6) is 17.2 Å². The summed E-state index contributed by atoms with van der Waals surface area (Å²) in [7, 11) is -4.60. The third kappa shape index (κ3) is 12.2. The van der Waals surface area contributed by atoms with Crippen molar-refractivity contribution >= 4 is 10.1 Å². The van der Waals surface area contributed by atoms with Crippen molar-refractivity contribution in [3.05, 3.63) is 48.0 Å². The molecule has 0 aliphatic carbocycles. The van der Waals surface area contributed by atoms with Crippen LogP contribution in [-0.4, -0.2) is 13.0 Å². The smallest absolute Gasteiger partial charge is 0.872 e. The van der Waals surface area contributed by atoms with E-state index in [1.165, 1.54) is 63.9 Å². The standard InChI is InChI=1S/C26H38O5S.K/c1-2-3-4-5-6-7-8-9-10-11-12-14-17-22-20-24(27)26(32(28,29)30)21-25(22)31-23-18-15-13-16-19-23;/h13,15-16,18-21,27H,2-12,14,17H2,1H3,(H,28,29,30);/q;+1/p-1. The van der Waals surface area contributed by atoms with Crippen LogP contribution in [0.1, 0.15) is 89.5 Å². The summed E-state index contributed by atoms with van der Waals surface area (Å²) in [6.07, 6.45) is 15.6. The second-order valence-electron chi connectivity index (χ2n) is 8.44. The molecule has 0 saturated heterocycles. The monoisotopic (exact) mass is 500 g/mol. The number of para-hydroxylation sites is 1. The Bertz CT molecular complexity index is 900. The molecule has 5 nitrogen and oxygen atoms in total. The van der Waals surface area contributed by atoms with E-state index >= 15 is 0 Å². The Morgan fingerprint density at radius 2 is 1.33 bits per heavy atom. The molecule has 0 amide bonds. The number of aryl methyl sites for hydroxylation is 1. The van der Waals surface area contributed by atoms with Crippen LogP contribution in [0.2, 0.25) is 0 Å². The normalized spacial score (nSPS) is 11.2. The van der Waals surface area contributed by atoms with Gasteiger partial charge in [-0.25, -0.2) is 0 Å². The molecule has 0 spiro atoms. The van der Waals surface area contributed by atoms with Crippen LogP contribution in [0.4, 0.5) is 0 Å². The van der Waals surface area contributed by atoms with Crippen LogP contribution >= 0.6 is 0 Å². The summed E-state index contributed by atoms with van der Waals surface area (Å²) in [6.45, 7) is 2.24. The molecule has 33 heavy (non-hydrogen) atoms. The van der Waals surface area contributed by atoms with E-state index in [1.807, 2.05) is 18.2 Å². The van der Waals surface area contributed by atoms with Crippen molar-refractivity contribution in [1.82, 2.24) is 0 Å². The minimum Gasteiger partial charge on any atom is -0.872 e. The molecule has 0 aromatic heterocycles. The Labute approximate surface area is 242 Å². The molecule has 178 valence electrons. The summed E-state index contributed by atoms with van der Waals surface area (Å²) in [4.78, 5) is -0.651. The summed E-state index contributed by atoms with van der Waals surface area (Å²) in [6, 6.07) is 11.4. The number of ether oxygens (including phenoxy) is 1. The second-order valence-corrected chi connectivity index (χ2v) is 9.83. The molecule has 2 rings (SSSR count). The van der Waals surface area contributed by atoms with E-state index in [2.05, 4.69) is 6.92 Å². The molecule has 0 fully saturated rings. The van der Waals surface area contributed by atoms with Gasteiger partial charge in [0.25, 0.3) is 10.1 Å². The molecule has 2 aromatic rings. The Kier molecular flexibility index (Phi) is 15.9. The third-order valence-corrected chi connectivity index (χ3v) is 6.55. The van der Waals surface area contributed by atoms with Gasteiger partial charge >= 0.3 is 51.4 Å². The van der Waals surface area contributed by atoms with Gasteiger partial charge in [-0.2, -0.15) is 8.42 Å². The van der Waals surface area contributed by atoms with Crippen LogP contribution in [0.3, 0.4) is 0 Å². The first kappa shape index (κ1) is 30.6. The predicted octanol–water partition coefficient (Wildman–Crippen LogP) is 4.05. The molecule has 0 heterocycles. The first-order chi connectivity index (χ1) is 15.4. The Hall–Kier alpha value is -0.414. The van der Waals surface area contributed by atoms with Crippen molar-refractivity contribution in [2.24, 2.45) is 0 Å². The van der Waals surface area contributed by atoms with E-state index in [0.29, 0.717) is 23.5 Å². The van der Waals surface area contributed by atoms with Gasteiger partial charge in [0.15, 0.2) is 0 Å². The molecule has 0 bridgehead atoms. The van der Waals surface area contributed by atoms with Crippen LogP contribution < -0.4 is 61.2 Å². The van der Waals surface area contributed by atoms with Gasteiger partial charge in [-0.1, -0.05) is 108 Å². The Morgan fingerprint density at radius 3 is 1.85 bits per heavy atom. The van der Waals surface area contributed by atoms with Gasteiger partial charge in [-0.15, -0.1) is 0 Å². The average Bonchev–Trinajstić information content (AvgIpc) is 2.76. The second kappa shape index (κ2) is 17.1. The summed E-state index contributed by atoms with van der Waals surface area (Å²) in [5.74, 6) is 0.136. The number of hydrogen-bond acceptors (Lipinski definition) is 4. The van der Waals surface area contributed by atoms with Gasteiger partial charge in [0.1, 0.15) is 11.5 Å². The summed E-state index contributed by atoms with van der Waals surface area (Å²) in [5, 5.41) is 12.2. The Balaban J connectivity index is 0.00000544. The van der Waals surface area contributed by atoms with Crippen molar-refractivity contribution in [1.29, 1.82) is 0 Å². The average molecular weight is 501 g/mol. The van der Waals surface area contributed by atoms with Crippen LogP contribution in [0.25, 0.3) is 0 Å². The van der Waals surface area contributed by atoms with E-state index in [9.17, 15) is 18.1 Å². The van der Waals surface area contributed by atoms with Crippen molar-refractivity contribution in [3.8, 4) is 17.2 Å². The molecule has 0 radical (unpaired) electrons. The maximum absolute atomic E-state index is 12.2. The third-order valence-electron chi connectivity index (χ3n) is 5.68. The van der Waals surface area contributed by atoms with Crippen molar-refractivity contribution in [3.63, 3.8) is 0 Å². The predicted molar refractivity (Wildman–Crippen MR) is 127 cm³/mol. The molecule has 2 aromatic carbocycles. The minimum absolute atomic E-state index is 0. The number of hydrogen-bond donors (Lipinski definition) is 1. The molecule has 0 atom stereocenters. The fraction of sp³-hybridized carbons (Fsp3) is 0.538. The van der Waals surface area contributed by atoms with Gasteiger partial charge in [-0.3, -0.25) is 4.55 Å². The number of benzene rings is 2. The molecule has 0 saturated carbocycles. The Morgan fingerprint density at radius 1 is 0.818 bits per heavy atom. The summed E-state index contributed by atoms with van der Waals surface area (Å²) in [5.41, 5.74) is 0.665. The van der Waals surface area contributed by atoms with E-state index in [1.54, 1.807) is 12.1 Å². The van der Waals surface area contributed by atoms with Crippen LogP contribution in [0, 0.1) is 0 Å². The zero-order chi connectivity index (χ0) is 23.2. The van der Waals surface area contributed by atoms with Crippen molar-refractivity contribution < 1.29 is 74.2 Å². The van der Waals surface area contributed by atoms with Crippen molar-refractivity contribution in [2.75, 3.05) is 0 Å². The van der Waals surface area contributed by atoms with E-state index in [4.69, 9.17) is 4.74 Å². The SMILES string of the molecule is CCCCCCCCCCCCCCc1cc([O-])c(S(=O)(=O)O)cc1Oc1ccccc1.[K+]. The molecular formula is C26H37KO5S. The molecular weight excluding hydrogens is 463 g/mol. The largest absolute Gasteiger partial charge is 1.00 e. The minimum atomic E-state index is -4.60. The maximum Gasteiger partial charge on any atom is 1.00 e. The van der Waals surface area contributed by atoms with Gasteiger partial charge < -0.3 is 9.84 Å². The molecule has 7 heteroatoms. The van der Waals surface area contributed by atoms with Crippen molar-refractivity contribution in [2.45, 2.75) is 95.3 Å². The van der Waals surface area contributed by atoms with Gasteiger partial charge in [0.05, 0.1) is 4.90 Å². The zero-order valence-corrected chi connectivity index (χ0v) is 24.2. The van der Waals surface area contributed by atoms with Gasteiger partial charge in [-0.05, 0) is 30.5 Å².